The molecule has 0 radical (unpaired) electrons. The van der Waals surface area contributed by atoms with Crippen molar-refractivity contribution in [2.75, 3.05) is 12.9 Å². The minimum atomic E-state index is -3.62. The molecule has 0 saturated heterocycles. The van der Waals surface area contributed by atoms with Gasteiger partial charge in [-0.2, -0.15) is 0 Å². The van der Waals surface area contributed by atoms with Crippen LogP contribution < -0.4 is 14.9 Å². The Morgan fingerprint density at radius 3 is 2.38 bits per heavy atom. The molecule has 0 bridgehead atoms. The monoisotopic (exact) mass is 745 g/mol. The topological polar surface area (TPSA) is 140 Å². The van der Waals surface area contributed by atoms with E-state index in [0.717, 1.165) is 19.1 Å². The summed E-state index contributed by atoms with van der Waals surface area (Å²) in [7, 11) is -3.62. The van der Waals surface area contributed by atoms with E-state index in [9.17, 15) is 22.8 Å². The molecule has 2 amide bonds. The smallest absolute Gasteiger partial charge is 0.344 e. The summed E-state index contributed by atoms with van der Waals surface area (Å²) in [6.45, 7) is 4.87. The highest BCUT2D eigenvalue weighted by atomic mass is 35.5. The van der Waals surface area contributed by atoms with Crippen molar-refractivity contribution in [1.29, 1.82) is 0 Å². The van der Waals surface area contributed by atoms with Gasteiger partial charge in [-0.25, -0.2) is 23.4 Å². The highest BCUT2D eigenvalue weighted by Crippen LogP contribution is 2.48. The van der Waals surface area contributed by atoms with Crippen LogP contribution in [-0.4, -0.2) is 61.6 Å². The first kappa shape index (κ1) is 37.6. The molecule has 4 atom stereocenters. The van der Waals surface area contributed by atoms with E-state index < -0.39 is 51.5 Å². The van der Waals surface area contributed by atoms with Gasteiger partial charge in [0, 0.05) is 33.3 Å². The van der Waals surface area contributed by atoms with E-state index in [4.69, 9.17) is 37.5 Å². The third-order valence-corrected chi connectivity index (χ3v) is 9.82. The molecule has 2 N–H and O–H groups in total. The number of carbonyl (C=O) groups excluding carboxylic acids is 3. The number of nitrogens with zero attached hydrogens (tertiary/aromatic N) is 1. The number of sulfonamides is 1. The number of amides is 2. The number of hydrogen-bond donors (Lipinski definition) is 2. The number of ether oxygens (including phenoxy) is 2. The number of hydroxylamine groups is 1. The first-order valence-corrected chi connectivity index (χ1v) is 19.0. The zero-order valence-corrected chi connectivity index (χ0v) is 30.6. The highest BCUT2D eigenvalue weighted by molar-refractivity contribution is 7.88. The normalized spacial score (nSPS) is 20.9. The highest BCUT2D eigenvalue weighted by Gasteiger charge is 2.49. The van der Waals surface area contributed by atoms with Crippen LogP contribution in [0.1, 0.15) is 85.5 Å². The quantitative estimate of drug-likeness (QED) is 0.177. The molecule has 1 aliphatic heterocycles. The maximum Gasteiger partial charge on any atom is 0.344 e. The molecule has 3 aromatic rings. The van der Waals surface area contributed by atoms with Gasteiger partial charge in [-0.15, -0.1) is 0 Å². The first-order valence-electron chi connectivity index (χ1n) is 16.3. The van der Waals surface area contributed by atoms with Gasteiger partial charge in [-0.3, -0.25) is 14.4 Å². The Morgan fingerprint density at radius 1 is 0.960 bits per heavy atom. The van der Waals surface area contributed by atoms with E-state index >= 15 is 0 Å². The number of halogens is 2. The Hall–Kier alpha value is -3.68. The van der Waals surface area contributed by atoms with E-state index in [1.807, 2.05) is 0 Å². The number of para-hydroxylation sites is 1. The SMILES string of the molecule is CC(C)(C)OC(=O)COc1ccccc1CONC(=O)[C@@H]1c2ccccc2C(=O)N([C@H]2CCCC[C@@H]2NS(C)(=O)=O)[C@H]1c1ccc(Cl)cc1Cl. The average molecular weight is 747 g/mol. The predicted octanol–water partition coefficient (Wildman–Crippen LogP) is 6.10. The number of carbonyl (C=O) groups is 3. The third kappa shape index (κ3) is 9.15. The Bertz CT molecular complexity index is 1850. The Balaban J connectivity index is 1.47. The van der Waals surface area contributed by atoms with E-state index in [0.29, 0.717) is 45.9 Å². The molecule has 11 nitrogen and oxygen atoms in total. The number of esters is 1. The van der Waals surface area contributed by atoms with Crippen molar-refractivity contribution in [3.63, 3.8) is 0 Å². The van der Waals surface area contributed by atoms with Crippen LogP contribution in [0, 0.1) is 0 Å². The summed E-state index contributed by atoms with van der Waals surface area (Å²) in [6.07, 6.45) is 3.64. The molecule has 1 saturated carbocycles. The van der Waals surface area contributed by atoms with Crippen LogP contribution >= 0.6 is 23.2 Å². The van der Waals surface area contributed by atoms with Gasteiger partial charge < -0.3 is 14.4 Å². The lowest BCUT2D eigenvalue weighted by atomic mass is 9.76. The van der Waals surface area contributed by atoms with Gasteiger partial charge in [0.15, 0.2) is 6.61 Å². The molecule has 0 unspecified atom stereocenters. The molecule has 0 aromatic heterocycles. The van der Waals surface area contributed by atoms with Crippen molar-refractivity contribution in [2.45, 2.75) is 82.7 Å². The molecular weight excluding hydrogens is 705 g/mol. The number of rotatable bonds is 11. The van der Waals surface area contributed by atoms with Crippen LogP contribution in [0.2, 0.25) is 10.0 Å². The maximum atomic E-state index is 14.4. The van der Waals surface area contributed by atoms with Crippen molar-refractivity contribution in [3.8, 4) is 5.75 Å². The summed E-state index contributed by atoms with van der Waals surface area (Å²) >= 11 is 13.1. The van der Waals surface area contributed by atoms with E-state index in [2.05, 4.69) is 10.2 Å². The van der Waals surface area contributed by atoms with Crippen molar-refractivity contribution in [1.82, 2.24) is 15.1 Å². The van der Waals surface area contributed by atoms with Crippen molar-refractivity contribution in [2.24, 2.45) is 0 Å². The molecule has 50 heavy (non-hydrogen) atoms. The molecule has 14 heteroatoms. The molecule has 1 aliphatic carbocycles. The second-order valence-corrected chi connectivity index (χ2v) is 16.1. The van der Waals surface area contributed by atoms with Crippen LogP contribution in [0.5, 0.6) is 5.75 Å². The lowest BCUT2D eigenvalue weighted by Gasteiger charge is -2.49. The molecule has 0 spiro atoms. The van der Waals surface area contributed by atoms with Crippen LogP contribution in [-0.2, 0) is 35.8 Å². The van der Waals surface area contributed by atoms with Crippen molar-refractivity contribution < 1.29 is 37.1 Å². The Labute approximate surface area is 302 Å². The number of hydrogen-bond acceptors (Lipinski definition) is 8. The number of nitrogens with one attached hydrogen (secondary N) is 2. The summed E-state index contributed by atoms with van der Waals surface area (Å²) in [5, 5.41) is 0.622. The molecule has 1 fully saturated rings. The predicted molar refractivity (Wildman–Crippen MR) is 189 cm³/mol. The maximum absolute atomic E-state index is 14.4. The molecular formula is C36H41Cl2N3O8S. The third-order valence-electron chi connectivity index (χ3n) is 8.53. The van der Waals surface area contributed by atoms with Gasteiger partial charge >= 0.3 is 5.97 Å². The van der Waals surface area contributed by atoms with Gasteiger partial charge in [0.05, 0.1) is 18.2 Å². The fraction of sp³-hybridized carbons (Fsp3) is 0.417. The van der Waals surface area contributed by atoms with Gasteiger partial charge in [0.1, 0.15) is 18.0 Å². The summed E-state index contributed by atoms with van der Waals surface area (Å²) < 4.78 is 38.7. The van der Waals surface area contributed by atoms with Gasteiger partial charge in [-0.05, 0) is 69.0 Å². The van der Waals surface area contributed by atoms with Crippen molar-refractivity contribution >= 4 is 51.0 Å². The van der Waals surface area contributed by atoms with Gasteiger partial charge in [0.25, 0.3) is 11.8 Å². The van der Waals surface area contributed by atoms with Crippen LogP contribution in [0.3, 0.4) is 0 Å². The van der Waals surface area contributed by atoms with Crippen molar-refractivity contribution in [3.05, 3.63) is 99.0 Å². The standard InChI is InChI=1S/C36H41Cl2N3O8S/c1-36(2,3)49-31(42)21-47-30-16-10-5-11-22(30)20-48-39-34(43)32-24-12-6-7-13-25(24)35(44)41(33(32)26-18-17-23(37)19-27(26)38)29-15-9-8-14-28(29)40-50(4,45)46/h5-7,10-13,16-19,28-29,32-33,40H,8-9,14-15,20-21H2,1-4H3,(H,39,43)/t28-,29-,32+,33-/m0/s1. The first-order chi connectivity index (χ1) is 23.6. The van der Waals surface area contributed by atoms with E-state index in [1.54, 1.807) is 92.4 Å². The molecule has 5 rings (SSSR count). The van der Waals surface area contributed by atoms with Crippen LogP contribution in [0.15, 0.2) is 66.7 Å². The summed E-state index contributed by atoms with van der Waals surface area (Å²) in [6, 6.07) is 16.5. The largest absolute Gasteiger partial charge is 0.482 e. The Morgan fingerprint density at radius 2 is 1.66 bits per heavy atom. The summed E-state index contributed by atoms with van der Waals surface area (Å²) in [5.41, 5.74) is 3.74. The summed E-state index contributed by atoms with van der Waals surface area (Å²) in [5.74, 6) is -2.07. The lowest BCUT2D eigenvalue weighted by Crippen LogP contribution is -2.59. The molecule has 3 aromatic carbocycles. The zero-order chi connectivity index (χ0) is 36.2. The summed E-state index contributed by atoms with van der Waals surface area (Å²) in [4.78, 5) is 48.4. The van der Waals surface area contributed by atoms with E-state index in [-0.39, 0.29) is 24.1 Å². The fourth-order valence-corrected chi connectivity index (χ4v) is 7.99. The van der Waals surface area contributed by atoms with Crippen LogP contribution in [0.25, 0.3) is 0 Å². The lowest BCUT2D eigenvalue weighted by molar-refractivity contribution is -0.157. The Kier molecular flexibility index (Phi) is 11.8. The number of fused-ring (bicyclic) bond motifs is 1. The molecule has 268 valence electrons. The van der Waals surface area contributed by atoms with Gasteiger partial charge in [0.2, 0.25) is 10.0 Å². The molecule has 1 heterocycles. The average Bonchev–Trinajstić information content (AvgIpc) is 3.03. The van der Waals surface area contributed by atoms with Gasteiger partial charge in [-0.1, -0.05) is 78.5 Å². The second-order valence-electron chi connectivity index (χ2n) is 13.5. The zero-order valence-electron chi connectivity index (χ0n) is 28.3. The second kappa shape index (κ2) is 15.7. The minimum Gasteiger partial charge on any atom is -0.482 e. The van der Waals surface area contributed by atoms with E-state index in [1.165, 1.54) is 0 Å². The van der Waals surface area contributed by atoms with Crippen LogP contribution in [0.4, 0.5) is 0 Å². The fourth-order valence-electron chi connectivity index (χ4n) is 6.65. The molecule has 2 aliphatic rings. The number of benzene rings is 3. The minimum absolute atomic E-state index is 0.109.